The summed E-state index contributed by atoms with van der Waals surface area (Å²) in [7, 11) is 0. The van der Waals surface area contributed by atoms with E-state index in [2.05, 4.69) is 16.0 Å². The number of nitrogens with one attached hydrogen (secondary N) is 3. The molecule has 3 rings (SSSR count). The fourth-order valence-corrected chi connectivity index (χ4v) is 4.96. The average molecular weight is 587 g/mol. The molecule has 222 valence electrons. The molecule has 0 spiro atoms. The van der Waals surface area contributed by atoms with Crippen LogP contribution in [0.4, 0.5) is 15.3 Å². The fraction of sp³-hybridized carbons (Fsp3) is 0.467. The van der Waals surface area contributed by atoms with Crippen molar-refractivity contribution in [3.8, 4) is 0 Å². The Bertz CT molecular complexity index is 1240. The molecule has 11 heteroatoms. The van der Waals surface area contributed by atoms with Gasteiger partial charge >= 0.3 is 18.2 Å². The summed E-state index contributed by atoms with van der Waals surface area (Å²) in [4.78, 5) is 42.0. The number of carbonyl (C=O) groups is 3. The molecule has 1 unspecified atom stereocenters. The van der Waals surface area contributed by atoms with Gasteiger partial charge in [0.2, 0.25) is 5.96 Å². The Morgan fingerprint density at radius 1 is 0.976 bits per heavy atom. The minimum atomic E-state index is -1.34. The zero-order valence-electron chi connectivity index (χ0n) is 24.0. The van der Waals surface area contributed by atoms with Crippen molar-refractivity contribution in [1.82, 2.24) is 10.6 Å². The highest BCUT2D eigenvalue weighted by Crippen LogP contribution is 2.36. The molecule has 4 N–H and O–H groups in total. The van der Waals surface area contributed by atoms with Crippen LogP contribution in [0.5, 0.6) is 0 Å². The number of carbonyl (C=O) groups excluding carboxylic acids is 2. The van der Waals surface area contributed by atoms with E-state index in [1.54, 1.807) is 45.9 Å². The lowest BCUT2D eigenvalue weighted by molar-refractivity contribution is -0.138. The van der Waals surface area contributed by atoms with Crippen molar-refractivity contribution in [2.45, 2.75) is 90.0 Å². The molecular formula is C30H39ClN4O6. The predicted molar refractivity (Wildman–Crippen MR) is 158 cm³/mol. The number of hydrogen-bond acceptors (Lipinski definition) is 6. The highest BCUT2D eigenvalue weighted by molar-refractivity contribution is 6.34. The summed E-state index contributed by atoms with van der Waals surface area (Å²) in [5.74, 6) is -1.02. The minimum Gasteiger partial charge on any atom is -0.481 e. The van der Waals surface area contributed by atoms with Gasteiger partial charge in [0.15, 0.2) is 0 Å². The van der Waals surface area contributed by atoms with Gasteiger partial charge in [-0.15, -0.1) is 0 Å². The van der Waals surface area contributed by atoms with E-state index in [1.165, 1.54) is 0 Å². The third-order valence-electron chi connectivity index (χ3n) is 6.45. The first-order valence-corrected chi connectivity index (χ1v) is 14.1. The first kappa shape index (κ1) is 31.7. The lowest BCUT2D eigenvalue weighted by Gasteiger charge is -2.33. The van der Waals surface area contributed by atoms with Crippen molar-refractivity contribution >= 4 is 41.4 Å². The van der Waals surface area contributed by atoms with Gasteiger partial charge in [0, 0.05) is 0 Å². The van der Waals surface area contributed by atoms with E-state index >= 15 is 0 Å². The Kier molecular flexibility index (Phi) is 11.0. The number of benzene rings is 2. The van der Waals surface area contributed by atoms with Crippen LogP contribution in [0.1, 0.15) is 77.3 Å². The van der Waals surface area contributed by atoms with Gasteiger partial charge in [-0.05, 0) is 57.7 Å². The number of anilines is 1. The highest BCUT2D eigenvalue weighted by Gasteiger charge is 2.35. The number of amides is 2. The maximum Gasteiger partial charge on any atom is 0.414 e. The first-order chi connectivity index (χ1) is 19.3. The van der Waals surface area contributed by atoms with Crippen molar-refractivity contribution in [2.24, 2.45) is 4.99 Å². The van der Waals surface area contributed by atoms with E-state index in [0.29, 0.717) is 5.56 Å². The molecule has 41 heavy (non-hydrogen) atoms. The summed E-state index contributed by atoms with van der Waals surface area (Å²) in [5.41, 5.74) is -0.640. The highest BCUT2D eigenvalue weighted by atomic mass is 35.5. The van der Waals surface area contributed by atoms with Crippen molar-refractivity contribution in [1.29, 1.82) is 0 Å². The van der Waals surface area contributed by atoms with E-state index in [4.69, 9.17) is 26.1 Å². The number of carboxylic acids is 1. The number of aliphatic imine (C=N–C) groups is 1. The second kappa shape index (κ2) is 14.2. The number of hydrogen-bond donors (Lipinski definition) is 4. The Labute approximate surface area is 245 Å². The Hall–Kier alpha value is -3.79. The quantitative estimate of drug-likeness (QED) is 0.202. The summed E-state index contributed by atoms with van der Waals surface area (Å²) >= 11 is 6.75. The lowest BCUT2D eigenvalue weighted by atomic mass is 9.88. The summed E-state index contributed by atoms with van der Waals surface area (Å²) in [6.07, 6.45) is 3.00. The van der Waals surface area contributed by atoms with Crippen LogP contribution in [0.3, 0.4) is 0 Å². The average Bonchev–Trinajstić information content (AvgIpc) is 2.88. The second-order valence-electron chi connectivity index (χ2n) is 11.3. The van der Waals surface area contributed by atoms with Crippen molar-refractivity contribution in [3.63, 3.8) is 0 Å². The molecule has 2 aromatic carbocycles. The normalized spacial score (nSPS) is 15.8. The zero-order chi connectivity index (χ0) is 30.0. The van der Waals surface area contributed by atoms with Crippen LogP contribution in [0.2, 0.25) is 5.02 Å². The molecule has 10 nitrogen and oxygen atoms in total. The summed E-state index contributed by atoms with van der Waals surface area (Å²) in [6.45, 7) is 6.95. The third kappa shape index (κ3) is 10.3. The van der Waals surface area contributed by atoms with Crippen molar-refractivity contribution < 1.29 is 29.0 Å². The number of carboxylic acid groups (broad SMARTS) is 1. The summed E-state index contributed by atoms with van der Waals surface area (Å²) in [6, 6.07) is 14.1. The summed E-state index contributed by atoms with van der Waals surface area (Å²) in [5, 5.41) is 18.4. The third-order valence-corrected chi connectivity index (χ3v) is 6.85. The van der Waals surface area contributed by atoms with Gasteiger partial charge < -0.3 is 19.9 Å². The van der Waals surface area contributed by atoms with Gasteiger partial charge in [0.05, 0.1) is 28.7 Å². The number of alkyl carbamates (subject to hydrolysis) is 1. The largest absolute Gasteiger partial charge is 0.481 e. The van der Waals surface area contributed by atoms with Crippen LogP contribution in [0, 0.1) is 0 Å². The van der Waals surface area contributed by atoms with Gasteiger partial charge in [-0.3, -0.25) is 15.4 Å². The zero-order valence-corrected chi connectivity index (χ0v) is 24.7. The molecule has 1 atom stereocenters. The van der Waals surface area contributed by atoms with Crippen LogP contribution in [-0.4, -0.2) is 40.9 Å². The van der Waals surface area contributed by atoms with Gasteiger partial charge in [-0.25, -0.2) is 14.6 Å². The predicted octanol–water partition coefficient (Wildman–Crippen LogP) is 6.58. The molecule has 2 amide bonds. The second-order valence-corrected chi connectivity index (χ2v) is 11.7. The van der Waals surface area contributed by atoms with Gasteiger partial charge in [0.1, 0.15) is 12.2 Å². The molecule has 0 heterocycles. The number of rotatable bonds is 8. The van der Waals surface area contributed by atoms with Crippen LogP contribution >= 0.6 is 11.6 Å². The lowest BCUT2D eigenvalue weighted by Crippen LogP contribution is -2.53. The standard InChI is InChI=1S/C30H39ClN4O6/c1-29(2,3)41-28(39)34-26(32-21-14-9-6-10-15-21)35-30(4,18-24(36)37)22-16-11-17-23(25(22)31)33-27(38)40-19-20-12-7-5-8-13-20/h5,7-8,11-13,16-17,21H,6,9-10,14-15,18-19H2,1-4H3,(H,33,38)(H,36,37)(H2,32,34,35,39). The molecule has 1 fully saturated rings. The molecule has 1 aliphatic carbocycles. The molecule has 0 aliphatic heterocycles. The maximum absolute atomic E-state index is 12.7. The van der Waals surface area contributed by atoms with Crippen molar-refractivity contribution in [2.75, 3.05) is 5.32 Å². The molecule has 1 aliphatic rings. The first-order valence-electron chi connectivity index (χ1n) is 13.7. The van der Waals surface area contributed by atoms with E-state index in [1.807, 2.05) is 30.3 Å². The SMILES string of the molecule is CC(C)(C)OC(=O)NC(=NC1CCCCC1)NC(C)(CC(=O)O)c1cccc(NC(=O)OCc2ccccc2)c1Cl. The molecular weight excluding hydrogens is 548 g/mol. The topological polar surface area (TPSA) is 138 Å². The number of ether oxygens (including phenoxy) is 2. The smallest absolute Gasteiger partial charge is 0.414 e. The van der Waals surface area contributed by atoms with E-state index in [-0.39, 0.29) is 29.3 Å². The fourth-order valence-electron chi connectivity index (χ4n) is 4.58. The van der Waals surface area contributed by atoms with Crippen LogP contribution < -0.4 is 16.0 Å². The molecule has 2 aromatic rings. The van der Waals surface area contributed by atoms with Crippen molar-refractivity contribution in [3.05, 3.63) is 64.7 Å². The van der Waals surface area contributed by atoms with Gasteiger partial charge in [-0.2, -0.15) is 0 Å². The van der Waals surface area contributed by atoms with E-state index in [0.717, 1.165) is 37.7 Å². The number of halogens is 1. The Morgan fingerprint density at radius 3 is 2.29 bits per heavy atom. The molecule has 0 saturated heterocycles. The van der Waals surface area contributed by atoms with Crippen LogP contribution in [0.25, 0.3) is 0 Å². The summed E-state index contributed by atoms with van der Waals surface area (Å²) < 4.78 is 10.7. The monoisotopic (exact) mass is 586 g/mol. The number of nitrogens with zero attached hydrogens (tertiary/aromatic N) is 1. The van der Waals surface area contributed by atoms with Crippen LogP contribution in [0.15, 0.2) is 53.5 Å². The Morgan fingerprint density at radius 2 is 1.66 bits per heavy atom. The number of aliphatic carboxylic acids is 1. The van der Waals surface area contributed by atoms with E-state index < -0.39 is 35.7 Å². The molecule has 0 radical (unpaired) electrons. The molecule has 1 saturated carbocycles. The Balaban J connectivity index is 1.88. The van der Waals surface area contributed by atoms with E-state index in [9.17, 15) is 19.5 Å². The molecule has 0 aromatic heterocycles. The van der Waals surface area contributed by atoms with Gasteiger partial charge in [-0.1, -0.05) is 73.3 Å². The van der Waals surface area contributed by atoms with Gasteiger partial charge in [0.25, 0.3) is 0 Å². The van der Waals surface area contributed by atoms with Crippen LogP contribution in [-0.2, 0) is 26.4 Å². The molecule has 0 bridgehead atoms. The minimum absolute atomic E-state index is 0.0434. The maximum atomic E-state index is 12.7. The number of guanidine groups is 1.